The van der Waals surface area contributed by atoms with Crippen LogP contribution in [0, 0.1) is 36.9 Å². The molecule has 6 heterocycles. The summed E-state index contributed by atoms with van der Waals surface area (Å²) in [6, 6.07) is 180. The SMILES string of the molecule is [Pt].[Pt].[c-]1c(Oc2[c-]c(-n3[c-][n+](-c4c(-c5cc(-c6ccccc6)cc(-c6ccccc6)c5)cccc4-c4cc(-c5ccccc5)cc(-c5ccccc5)c4)c4ccccc43)ccc2)cccc1-c1nccc2ccccc12.[c-]1c(Oc2[c-]c(-n3[c-][n+](-c4c(-n5c6ccccc6c6ccccc65)cccc4-n4c5ccccc5c5ccccc54)c4ccccc43)ccc2)cccc1-c1nccc2ccccc12. The van der Waals surface area contributed by atoms with Gasteiger partial charge in [-0.1, -0.05) is 328 Å². The number of rotatable bonds is 18. The molecule has 0 amide bonds. The summed E-state index contributed by atoms with van der Waals surface area (Å²) in [6.07, 6.45) is 11.4. The molecule has 0 spiro atoms. The number of hydrogen-bond donors (Lipinski definition) is 0. The van der Waals surface area contributed by atoms with Crippen molar-refractivity contribution in [2.24, 2.45) is 0 Å². The van der Waals surface area contributed by atoms with Gasteiger partial charge in [0.1, 0.15) is 5.69 Å². The Labute approximate surface area is 838 Å². The second-order valence-corrected chi connectivity index (χ2v) is 34.3. The number of imidazole rings is 2. The molecule has 140 heavy (non-hydrogen) atoms. The molecule has 0 aliphatic rings. The van der Waals surface area contributed by atoms with E-state index >= 15 is 0 Å². The van der Waals surface area contributed by atoms with E-state index in [1.165, 1.54) is 21.5 Å². The van der Waals surface area contributed by atoms with Crippen molar-refractivity contribution in [2.45, 2.75) is 0 Å². The Kier molecular flexibility index (Phi) is 23.4. The van der Waals surface area contributed by atoms with Crippen LogP contribution in [0.25, 0.3) is 211 Å². The van der Waals surface area contributed by atoms with Crippen molar-refractivity contribution in [2.75, 3.05) is 0 Å². The van der Waals surface area contributed by atoms with Gasteiger partial charge in [0.15, 0.2) is 0 Å². The first kappa shape index (κ1) is 86.8. The normalized spacial score (nSPS) is 11.3. The number of pyridine rings is 2. The molecule has 0 saturated heterocycles. The quantitative estimate of drug-likeness (QED) is 0.0634. The molecular formula is C128H80N8O2Pt2-4. The molecule has 0 atom stereocenters. The molecule has 0 fully saturated rings. The summed E-state index contributed by atoms with van der Waals surface area (Å²) in [5.74, 6) is 2.26. The van der Waals surface area contributed by atoms with Gasteiger partial charge in [-0.05, 0) is 196 Å². The first-order valence-electron chi connectivity index (χ1n) is 46.2. The minimum absolute atomic E-state index is 0. The van der Waals surface area contributed by atoms with Gasteiger partial charge < -0.3 is 37.7 Å². The molecular weight excluding hydrogens is 2070 g/mol. The number of aromatic nitrogens is 8. The van der Waals surface area contributed by atoms with Crippen molar-refractivity contribution in [3.05, 3.63) is 522 Å². The summed E-state index contributed by atoms with van der Waals surface area (Å²) in [4.78, 5) is 9.49. The Balaban J connectivity index is 0.000000155. The zero-order valence-corrected chi connectivity index (χ0v) is 79.8. The van der Waals surface area contributed by atoms with E-state index in [1.54, 1.807) is 0 Å². The van der Waals surface area contributed by atoms with Crippen molar-refractivity contribution >= 4 is 87.2 Å². The second kappa shape index (κ2) is 37.8. The van der Waals surface area contributed by atoms with E-state index < -0.39 is 0 Å². The first-order chi connectivity index (χ1) is 68.4. The van der Waals surface area contributed by atoms with Crippen molar-refractivity contribution in [3.63, 3.8) is 0 Å². The van der Waals surface area contributed by atoms with Gasteiger partial charge in [-0.2, -0.15) is 24.3 Å². The second-order valence-electron chi connectivity index (χ2n) is 34.3. The Bertz CT molecular complexity index is 8680. The van der Waals surface area contributed by atoms with Crippen LogP contribution in [0.5, 0.6) is 23.0 Å². The maximum Gasteiger partial charge on any atom is 0.268 e. The van der Waals surface area contributed by atoms with Crippen LogP contribution in [0.4, 0.5) is 0 Å². The topological polar surface area (TPSA) is 71.7 Å². The number of para-hydroxylation sites is 10. The van der Waals surface area contributed by atoms with Crippen LogP contribution in [0.15, 0.2) is 486 Å². The van der Waals surface area contributed by atoms with Crippen LogP contribution >= 0.6 is 0 Å². The van der Waals surface area contributed by atoms with E-state index in [4.69, 9.17) is 19.4 Å². The summed E-state index contributed by atoms with van der Waals surface area (Å²) < 4.78 is 26.6. The van der Waals surface area contributed by atoms with E-state index in [0.29, 0.717) is 23.0 Å². The summed E-state index contributed by atoms with van der Waals surface area (Å²) in [5.41, 5.74) is 30.9. The molecule has 0 unspecified atom stereocenters. The predicted molar refractivity (Wildman–Crippen MR) is 558 cm³/mol. The Morgan fingerprint density at radius 3 is 0.893 bits per heavy atom. The molecule has 12 heteroatoms. The monoisotopic (exact) mass is 2150 g/mol. The van der Waals surface area contributed by atoms with Gasteiger partial charge in [0.25, 0.3) is 12.7 Å². The predicted octanol–water partition coefficient (Wildman–Crippen LogP) is 30.8. The third-order valence-electron chi connectivity index (χ3n) is 26.0. The molecule has 26 rings (SSSR count). The van der Waals surface area contributed by atoms with Gasteiger partial charge in [-0.3, -0.25) is 9.13 Å². The Morgan fingerprint density at radius 1 is 0.221 bits per heavy atom. The third kappa shape index (κ3) is 16.2. The van der Waals surface area contributed by atoms with Crippen LogP contribution < -0.4 is 18.6 Å². The minimum Gasteiger partial charge on any atom is -0.503 e. The number of nitrogens with zero attached hydrogens (tertiary/aromatic N) is 8. The maximum absolute atomic E-state index is 6.59. The van der Waals surface area contributed by atoms with Crippen LogP contribution in [-0.4, -0.2) is 28.2 Å². The van der Waals surface area contributed by atoms with E-state index in [2.05, 4.69) is 434 Å². The van der Waals surface area contributed by atoms with E-state index in [1.807, 2.05) is 116 Å². The summed E-state index contributed by atoms with van der Waals surface area (Å²) in [6.45, 7) is 0. The van der Waals surface area contributed by atoms with E-state index in [-0.39, 0.29) is 42.1 Å². The standard InChI is InChI=1S/C70H45N3O.C58H35N5O.2Pt/c1-5-20-49(21-6-1)55-40-56(50-22-7-2-8-23-50)43-59(42-55)65-34-19-35-66(60-44-57(51-24-9-3-10-25-51)41-58(45-60)52-26-11-4-12-27-52)70(65)73-48-72(67-36-15-16-37-68(67)73)61-30-18-32-63(47-61)74-62-31-17-29-54(46-62)69-64-33-14-13-28-53(64)38-39-71-69;1-2-21-44-39(16-1)34-35-59-57(44)40-17-13-19-42(36-40)64-43-20-14-18-41(37-43)60-38-61(54-31-12-11-30-53(54)60)58-55(62-49-26-7-3-22-45(49)46-23-4-8-27-50(46)62)32-15-33-56(58)63-51-28-9-5-24-47(51)48-25-6-10-29-52(48)63;;/h1-45H;1-35H;;/q2*-2;;. The molecule has 6 aromatic heterocycles. The molecule has 0 bridgehead atoms. The zero-order valence-electron chi connectivity index (χ0n) is 75.2. The maximum atomic E-state index is 6.59. The molecule has 20 aromatic carbocycles. The molecule has 0 aliphatic heterocycles. The van der Waals surface area contributed by atoms with E-state index in [9.17, 15) is 0 Å². The molecule has 26 aromatic rings. The van der Waals surface area contributed by atoms with Crippen molar-refractivity contribution in [1.82, 2.24) is 28.2 Å². The molecule has 0 saturated carbocycles. The van der Waals surface area contributed by atoms with Crippen LogP contribution in [0.2, 0.25) is 0 Å². The fourth-order valence-corrected chi connectivity index (χ4v) is 19.7. The minimum atomic E-state index is 0. The fraction of sp³-hybridized carbons (Fsp3) is 0. The zero-order chi connectivity index (χ0) is 91.4. The van der Waals surface area contributed by atoms with Gasteiger partial charge in [0.2, 0.25) is 0 Å². The third-order valence-corrected chi connectivity index (χ3v) is 26.0. The first-order valence-corrected chi connectivity index (χ1v) is 46.2. The molecule has 10 nitrogen and oxygen atoms in total. The summed E-state index contributed by atoms with van der Waals surface area (Å²) >= 11 is 0. The van der Waals surface area contributed by atoms with Crippen LogP contribution in [0.1, 0.15) is 0 Å². The average Bonchev–Trinajstić information content (AvgIpc) is 1.56. The van der Waals surface area contributed by atoms with E-state index in [0.717, 1.165) is 189 Å². The van der Waals surface area contributed by atoms with Crippen LogP contribution in [-0.2, 0) is 42.1 Å². The van der Waals surface area contributed by atoms with Gasteiger partial charge >= 0.3 is 0 Å². The van der Waals surface area contributed by atoms with Crippen LogP contribution in [0.3, 0.4) is 0 Å². The van der Waals surface area contributed by atoms with Gasteiger partial charge in [0.05, 0.1) is 61.2 Å². The Hall–Kier alpha value is -17.3. The van der Waals surface area contributed by atoms with Gasteiger partial charge in [0, 0.05) is 99.1 Å². The average molecular weight is 2150 g/mol. The Morgan fingerprint density at radius 2 is 0.514 bits per heavy atom. The smallest absolute Gasteiger partial charge is 0.268 e. The molecule has 668 valence electrons. The number of hydrogen-bond acceptors (Lipinski definition) is 4. The van der Waals surface area contributed by atoms with Crippen molar-refractivity contribution in [1.29, 1.82) is 0 Å². The largest absolute Gasteiger partial charge is 0.503 e. The van der Waals surface area contributed by atoms with Crippen molar-refractivity contribution in [3.8, 4) is 146 Å². The van der Waals surface area contributed by atoms with Crippen molar-refractivity contribution < 1.29 is 60.7 Å². The number of benzene rings is 20. The number of ether oxygens (including phenoxy) is 2. The summed E-state index contributed by atoms with van der Waals surface area (Å²) in [7, 11) is 0. The van der Waals surface area contributed by atoms with Gasteiger partial charge in [-0.15, -0.1) is 71.8 Å². The molecule has 0 aliphatic carbocycles. The summed E-state index contributed by atoms with van der Waals surface area (Å²) in [5, 5.41) is 9.17. The molecule has 0 N–H and O–H groups in total. The fourth-order valence-electron chi connectivity index (χ4n) is 19.7. The number of fused-ring (bicyclic) bond motifs is 10. The molecule has 0 radical (unpaired) electrons. The van der Waals surface area contributed by atoms with Gasteiger partial charge in [-0.25, -0.2) is 0 Å².